The molecule has 16 heavy (non-hydrogen) atoms. The van der Waals surface area contributed by atoms with Gasteiger partial charge in [-0.1, -0.05) is 0 Å². The van der Waals surface area contributed by atoms with Gasteiger partial charge in [0.2, 0.25) is 0 Å². The van der Waals surface area contributed by atoms with Crippen molar-refractivity contribution in [3.05, 3.63) is 0 Å². The van der Waals surface area contributed by atoms with E-state index in [0.29, 0.717) is 0 Å². The van der Waals surface area contributed by atoms with Gasteiger partial charge in [-0.05, 0) is 6.92 Å². The Morgan fingerprint density at radius 3 is 2.69 bits per heavy atom. The number of esters is 1. The van der Waals surface area contributed by atoms with Crippen LogP contribution in [0, 0.1) is 0 Å². The summed E-state index contributed by atoms with van der Waals surface area (Å²) in [5.74, 6) is -0.820. The quantitative estimate of drug-likeness (QED) is 0.496. The lowest BCUT2D eigenvalue weighted by molar-refractivity contribution is -0.155. The number of hydrogen-bond donors (Lipinski definition) is 1. The Hall–Kier alpha value is -0.980. The zero-order valence-corrected chi connectivity index (χ0v) is 8.92. The third kappa shape index (κ3) is 2.23. The van der Waals surface area contributed by atoms with Crippen LogP contribution in [0.4, 0.5) is 0 Å². The number of aliphatic hydroxyl groups is 1. The summed E-state index contributed by atoms with van der Waals surface area (Å²) in [4.78, 5) is 22.0. The number of carbonyl (C=O) groups excluding carboxylic acids is 2. The first-order valence-corrected chi connectivity index (χ1v) is 5.18. The Labute approximate surface area is 92.5 Å². The maximum absolute atomic E-state index is 11.3. The highest BCUT2D eigenvalue weighted by Crippen LogP contribution is 2.28. The molecule has 0 spiro atoms. The number of fused-ring (bicyclic) bond motifs is 1. The number of Topliss-reactive ketones (excluding diaryl/α,β-unsaturated/α-hetero) is 1. The molecule has 4 atom stereocenters. The number of ketones is 1. The topological polar surface area (TPSA) is 82.1 Å². The van der Waals surface area contributed by atoms with Crippen molar-refractivity contribution in [2.24, 2.45) is 0 Å². The van der Waals surface area contributed by atoms with E-state index >= 15 is 0 Å². The minimum absolute atomic E-state index is 0.191. The summed E-state index contributed by atoms with van der Waals surface area (Å²) in [6, 6.07) is 0. The summed E-state index contributed by atoms with van der Waals surface area (Å²) in [6.45, 7) is 1.72. The molecule has 2 saturated heterocycles. The van der Waals surface area contributed by atoms with Gasteiger partial charge in [0.25, 0.3) is 0 Å². The van der Waals surface area contributed by atoms with Gasteiger partial charge in [-0.3, -0.25) is 9.59 Å². The monoisotopic (exact) mass is 230 g/mol. The smallest absolute Gasteiger partial charge is 0.313 e. The number of ether oxygens (including phenoxy) is 3. The van der Waals surface area contributed by atoms with E-state index in [1.54, 1.807) is 0 Å². The van der Waals surface area contributed by atoms with Crippen LogP contribution in [0.2, 0.25) is 0 Å². The Kier molecular flexibility index (Phi) is 3.22. The van der Waals surface area contributed by atoms with Gasteiger partial charge < -0.3 is 19.3 Å². The van der Waals surface area contributed by atoms with Crippen LogP contribution in [0.25, 0.3) is 0 Å². The fourth-order valence-electron chi connectivity index (χ4n) is 1.96. The van der Waals surface area contributed by atoms with E-state index in [4.69, 9.17) is 14.2 Å². The highest BCUT2D eigenvalue weighted by Gasteiger charge is 2.48. The van der Waals surface area contributed by atoms with Crippen molar-refractivity contribution >= 4 is 11.8 Å². The molecule has 0 radical (unpaired) electrons. The maximum atomic E-state index is 11.3. The van der Waals surface area contributed by atoms with Gasteiger partial charge >= 0.3 is 5.97 Å². The second-order valence-electron chi connectivity index (χ2n) is 4.07. The minimum atomic E-state index is -0.665. The van der Waals surface area contributed by atoms with E-state index in [1.807, 2.05) is 0 Å². The Balaban J connectivity index is 1.87. The van der Waals surface area contributed by atoms with E-state index < -0.39 is 30.4 Å². The standard InChI is InChI=1S/C10H14O6/c1-5(11)2-8(13)16-7-4-15-9-6(12)3-14-10(7)9/h6-7,9-10,12H,2-4H2,1H3/t6-,7+,9+,10+/m0/s1. The molecule has 0 unspecified atom stereocenters. The molecule has 0 aromatic heterocycles. The van der Waals surface area contributed by atoms with Crippen LogP contribution in [0.15, 0.2) is 0 Å². The van der Waals surface area contributed by atoms with Gasteiger partial charge in [-0.15, -0.1) is 0 Å². The van der Waals surface area contributed by atoms with Gasteiger partial charge in [0.05, 0.1) is 13.2 Å². The van der Waals surface area contributed by atoms with E-state index in [2.05, 4.69) is 0 Å². The highest BCUT2D eigenvalue weighted by molar-refractivity contribution is 5.94. The van der Waals surface area contributed by atoms with Crippen LogP contribution in [-0.4, -0.2) is 54.5 Å². The summed E-state index contributed by atoms with van der Waals surface area (Å²) in [5, 5.41) is 9.45. The van der Waals surface area contributed by atoms with Crippen molar-refractivity contribution in [3.8, 4) is 0 Å². The molecule has 6 nitrogen and oxygen atoms in total. The van der Waals surface area contributed by atoms with Crippen molar-refractivity contribution in [1.29, 1.82) is 0 Å². The summed E-state index contributed by atoms with van der Waals surface area (Å²) >= 11 is 0. The number of carbonyl (C=O) groups is 2. The van der Waals surface area contributed by atoms with Gasteiger partial charge in [0.1, 0.15) is 30.5 Å². The third-order valence-electron chi connectivity index (χ3n) is 2.66. The van der Waals surface area contributed by atoms with Gasteiger partial charge in [-0.2, -0.15) is 0 Å². The van der Waals surface area contributed by atoms with Crippen molar-refractivity contribution in [2.45, 2.75) is 37.8 Å². The molecule has 1 N–H and O–H groups in total. The number of hydrogen-bond acceptors (Lipinski definition) is 6. The van der Waals surface area contributed by atoms with Crippen LogP contribution in [0.1, 0.15) is 13.3 Å². The van der Waals surface area contributed by atoms with Gasteiger partial charge in [0.15, 0.2) is 6.10 Å². The lowest BCUT2D eigenvalue weighted by Gasteiger charge is -2.15. The molecule has 2 aliphatic rings. The molecule has 0 bridgehead atoms. The largest absolute Gasteiger partial charge is 0.457 e. The lowest BCUT2D eigenvalue weighted by Crippen LogP contribution is -2.34. The van der Waals surface area contributed by atoms with Crippen LogP contribution in [0.5, 0.6) is 0 Å². The number of rotatable bonds is 3. The molecule has 2 aliphatic heterocycles. The fourth-order valence-corrected chi connectivity index (χ4v) is 1.96. The zero-order chi connectivity index (χ0) is 11.7. The molecule has 0 saturated carbocycles. The molecule has 0 aromatic rings. The van der Waals surface area contributed by atoms with E-state index in [-0.39, 0.29) is 25.4 Å². The maximum Gasteiger partial charge on any atom is 0.313 e. The molecule has 2 fully saturated rings. The molecule has 0 aromatic carbocycles. The summed E-state index contributed by atoms with van der Waals surface area (Å²) in [6.07, 6.45) is -2.26. The molecule has 2 heterocycles. The molecular formula is C10H14O6. The fraction of sp³-hybridized carbons (Fsp3) is 0.800. The molecule has 90 valence electrons. The first kappa shape index (κ1) is 11.5. The predicted molar refractivity (Wildman–Crippen MR) is 50.7 cm³/mol. The first-order valence-electron chi connectivity index (χ1n) is 5.18. The SMILES string of the molecule is CC(=O)CC(=O)O[C@@H]1CO[C@H]2[C@@H]1OC[C@@H]2O. The normalized spacial score (nSPS) is 37.1. The summed E-state index contributed by atoms with van der Waals surface area (Å²) in [5.41, 5.74) is 0. The summed E-state index contributed by atoms with van der Waals surface area (Å²) in [7, 11) is 0. The lowest BCUT2D eigenvalue weighted by atomic mass is 10.1. The zero-order valence-electron chi connectivity index (χ0n) is 8.92. The molecule has 2 rings (SSSR count). The van der Waals surface area contributed by atoms with Gasteiger partial charge in [0, 0.05) is 0 Å². The van der Waals surface area contributed by atoms with Crippen LogP contribution < -0.4 is 0 Å². The first-order chi connectivity index (χ1) is 7.58. The number of aliphatic hydroxyl groups excluding tert-OH is 1. The third-order valence-corrected chi connectivity index (χ3v) is 2.66. The second kappa shape index (κ2) is 4.48. The van der Waals surface area contributed by atoms with Crippen LogP contribution in [-0.2, 0) is 23.8 Å². The highest BCUT2D eigenvalue weighted by atomic mass is 16.6. The molecule has 0 aliphatic carbocycles. The van der Waals surface area contributed by atoms with Crippen LogP contribution in [0.3, 0.4) is 0 Å². The molecular weight excluding hydrogens is 216 g/mol. The van der Waals surface area contributed by atoms with Crippen molar-refractivity contribution in [3.63, 3.8) is 0 Å². The predicted octanol–water partition coefficient (Wildman–Crippen LogP) is -0.964. The van der Waals surface area contributed by atoms with Crippen molar-refractivity contribution in [1.82, 2.24) is 0 Å². The average molecular weight is 230 g/mol. The summed E-state index contributed by atoms with van der Waals surface area (Å²) < 4.78 is 15.6. The van der Waals surface area contributed by atoms with Gasteiger partial charge in [-0.25, -0.2) is 0 Å². The van der Waals surface area contributed by atoms with Crippen molar-refractivity contribution < 1.29 is 28.9 Å². The van der Waals surface area contributed by atoms with E-state index in [1.165, 1.54) is 6.92 Å². The Morgan fingerprint density at radius 2 is 2.00 bits per heavy atom. The van der Waals surface area contributed by atoms with Crippen LogP contribution >= 0.6 is 0 Å². The Morgan fingerprint density at radius 1 is 1.31 bits per heavy atom. The van der Waals surface area contributed by atoms with E-state index in [0.717, 1.165) is 0 Å². The Bertz CT molecular complexity index is 302. The molecule has 6 heteroatoms. The molecule has 0 amide bonds. The van der Waals surface area contributed by atoms with E-state index in [9.17, 15) is 14.7 Å². The van der Waals surface area contributed by atoms with Crippen molar-refractivity contribution in [2.75, 3.05) is 13.2 Å². The second-order valence-corrected chi connectivity index (χ2v) is 4.07. The average Bonchev–Trinajstić information content (AvgIpc) is 2.70. The minimum Gasteiger partial charge on any atom is -0.457 e.